The minimum absolute atomic E-state index is 0.334. The third kappa shape index (κ3) is 5.09. The summed E-state index contributed by atoms with van der Waals surface area (Å²) < 4.78 is 4.63. The molecule has 0 unspecified atom stereocenters. The van der Waals surface area contributed by atoms with Crippen LogP contribution >= 0.6 is 0 Å². The molecule has 0 bridgehead atoms. The van der Waals surface area contributed by atoms with E-state index in [1.807, 2.05) is 0 Å². The average molecular weight is 769 g/mol. The molecule has 0 aliphatic carbocycles. The molecule has 0 radical (unpaired) electrons. The molecule has 4 heteroatoms. The number of para-hydroxylation sites is 2. The van der Waals surface area contributed by atoms with Gasteiger partial charge in [-0.15, -0.1) is 0 Å². The molecule has 0 saturated heterocycles. The molecule has 10 rings (SSSR count). The predicted molar refractivity (Wildman–Crippen MR) is 217 cm³/mol. The number of nitrogens with zero attached hydrogens (tertiary/aromatic N) is 2. The predicted octanol–water partition coefficient (Wildman–Crippen LogP) is 12.5. The van der Waals surface area contributed by atoms with Crippen LogP contribution in [0.4, 0.5) is 34.1 Å². The van der Waals surface area contributed by atoms with Crippen LogP contribution in [0.5, 0.6) is 0 Å². The third-order valence-corrected chi connectivity index (χ3v) is 15.5. The molecule has 8 aromatic carbocycles. The number of anilines is 6. The maximum atomic E-state index is 2.46. The zero-order valence-corrected chi connectivity index (χ0v) is 30.5. The van der Waals surface area contributed by atoms with Gasteiger partial charge in [0, 0.05) is 0 Å². The van der Waals surface area contributed by atoms with Crippen LogP contribution in [0.25, 0.3) is 49.4 Å². The molecule has 0 saturated carbocycles. The molecular weight excluding hydrogens is 738 g/mol. The number of hydrogen-bond donors (Lipinski definition) is 0. The SMILES string of the molecule is c1ccc(N(c2ccc3ccccc3c2)c2ccc3[se]c4[se]c5ccc(N(c6ccccc6)c6ccc7ccccc7c6)cc5c4c3c2)cc1. The van der Waals surface area contributed by atoms with Crippen molar-refractivity contribution < 1.29 is 0 Å². The van der Waals surface area contributed by atoms with Crippen molar-refractivity contribution in [1.29, 1.82) is 0 Å². The molecule has 2 heterocycles. The van der Waals surface area contributed by atoms with Crippen LogP contribution in [0, 0.1) is 0 Å². The minimum atomic E-state index is 0.334. The fourth-order valence-electron chi connectivity index (χ4n) is 7.25. The first-order chi connectivity index (χ1) is 24.8. The summed E-state index contributed by atoms with van der Waals surface area (Å²) in [6, 6.07) is 66.8. The van der Waals surface area contributed by atoms with E-state index in [-0.39, 0.29) is 0 Å². The van der Waals surface area contributed by atoms with Gasteiger partial charge >= 0.3 is 304 Å². The Bertz CT molecular complexity index is 2640. The van der Waals surface area contributed by atoms with Crippen LogP contribution in [-0.2, 0) is 0 Å². The van der Waals surface area contributed by atoms with Gasteiger partial charge in [0.25, 0.3) is 0 Å². The summed E-state index contributed by atoms with van der Waals surface area (Å²) in [5.41, 5.74) is 7.03. The summed E-state index contributed by atoms with van der Waals surface area (Å²) in [7, 11) is 0. The van der Waals surface area contributed by atoms with Gasteiger partial charge in [0.1, 0.15) is 0 Å². The summed E-state index contributed by atoms with van der Waals surface area (Å²) in [5.74, 6) is 0. The van der Waals surface area contributed by atoms with E-state index < -0.39 is 0 Å². The van der Waals surface area contributed by atoms with Gasteiger partial charge in [-0.3, -0.25) is 0 Å². The van der Waals surface area contributed by atoms with Crippen LogP contribution in [0.2, 0.25) is 0 Å². The van der Waals surface area contributed by atoms with Crippen molar-refractivity contribution in [3.05, 3.63) is 182 Å². The first kappa shape index (κ1) is 29.6. The molecule has 0 aliphatic heterocycles. The standard InChI is InChI=1S/C46H30N2Se2/c1-3-15-35(16-4-1)47(37-21-19-31-11-7-9-13-33(31)27-37)39-23-25-43-41(29-39)45-42-30-40(24-26-44(42)50-46(45)49-43)48(36-17-5-2-6-18-36)38-22-20-32-12-8-10-14-34(32)28-38/h1-30H. The molecule has 2 aromatic heterocycles. The monoisotopic (exact) mass is 770 g/mol. The van der Waals surface area contributed by atoms with Gasteiger partial charge in [-0.1, -0.05) is 0 Å². The van der Waals surface area contributed by atoms with E-state index in [4.69, 9.17) is 0 Å². The van der Waals surface area contributed by atoms with Crippen LogP contribution in [0.15, 0.2) is 182 Å². The average Bonchev–Trinajstić information content (AvgIpc) is 3.72. The molecular formula is C46H30N2Se2. The second kappa shape index (κ2) is 12.2. The fraction of sp³-hybridized carbons (Fsp3) is 0. The van der Waals surface area contributed by atoms with Gasteiger partial charge < -0.3 is 0 Å². The van der Waals surface area contributed by atoms with Crippen LogP contribution in [0.1, 0.15) is 0 Å². The Balaban J connectivity index is 1.16. The Labute approximate surface area is 302 Å². The van der Waals surface area contributed by atoms with E-state index in [2.05, 4.69) is 192 Å². The fourth-order valence-corrected chi connectivity index (χ4v) is 13.6. The van der Waals surface area contributed by atoms with Gasteiger partial charge in [-0.2, -0.15) is 0 Å². The quantitative estimate of drug-likeness (QED) is 0.155. The Kier molecular flexibility index (Phi) is 7.22. The van der Waals surface area contributed by atoms with E-state index in [1.54, 1.807) is 3.13 Å². The topological polar surface area (TPSA) is 6.48 Å². The summed E-state index contributed by atoms with van der Waals surface area (Å²) >= 11 is 0.667. The van der Waals surface area contributed by atoms with Crippen molar-refractivity contribution in [2.45, 2.75) is 0 Å². The summed E-state index contributed by atoms with van der Waals surface area (Å²) in [5, 5.41) is 9.26. The number of fused-ring (bicyclic) bond motifs is 7. The van der Waals surface area contributed by atoms with Gasteiger partial charge in [0.15, 0.2) is 0 Å². The van der Waals surface area contributed by atoms with Gasteiger partial charge in [0.2, 0.25) is 0 Å². The zero-order chi connectivity index (χ0) is 33.0. The van der Waals surface area contributed by atoms with E-state index >= 15 is 0 Å². The molecule has 10 aromatic rings. The third-order valence-electron chi connectivity index (χ3n) is 9.60. The van der Waals surface area contributed by atoms with Crippen molar-refractivity contribution in [3.8, 4) is 0 Å². The summed E-state index contributed by atoms with van der Waals surface area (Å²) in [6.07, 6.45) is 0. The van der Waals surface area contributed by atoms with Gasteiger partial charge in [0.05, 0.1) is 0 Å². The van der Waals surface area contributed by atoms with Crippen molar-refractivity contribution >= 4 is 112 Å². The van der Waals surface area contributed by atoms with E-state index in [0.29, 0.717) is 29.0 Å². The first-order valence-corrected chi connectivity index (χ1v) is 20.3. The van der Waals surface area contributed by atoms with E-state index in [9.17, 15) is 0 Å². The Morgan fingerprint density at radius 3 is 1.14 bits per heavy atom. The molecule has 0 amide bonds. The van der Waals surface area contributed by atoms with E-state index in [0.717, 1.165) is 11.4 Å². The molecule has 0 fully saturated rings. The van der Waals surface area contributed by atoms with Crippen molar-refractivity contribution in [1.82, 2.24) is 0 Å². The molecule has 0 spiro atoms. The van der Waals surface area contributed by atoms with Crippen molar-refractivity contribution in [2.75, 3.05) is 9.80 Å². The zero-order valence-electron chi connectivity index (χ0n) is 27.0. The van der Waals surface area contributed by atoms with Crippen molar-refractivity contribution in [2.24, 2.45) is 0 Å². The van der Waals surface area contributed by atoms with Crippen LogP contribution in [-0.4, -0.2) is 29.0 Å². The first-order valence-electron chi connectivity index (χ1n) is 16.8. The Morgan fingerprint density at radius 2 is 0.680 bits per heavy atom. The van der Waals surface area contributed by atoms with Crippen LogP contribution in [0.3, 0.4) is 0 Å². The number of hydrogen-bond acceptors (Lipinski definition) is 2. The van der Waals surface area contributed by atoms with Crippen molar-refractivity contribution in [3.63, 3.8) is 0 Å². The normalized spacial score (nSPS) is 11.6. The van der Waals surface area contributed by atoms with E-state index in [1.165, 1.54) is 69.0 Å². The molecule has 2 nitrogen and oxygen atoms in total. The maximum absolute atomic E-state index is 2.46. The summed E-state index contributed by atoms with van der Waals surface area (Å²) in [6.45, 7) is 0. The Hall–Kier alpha value is -5.34. The number of rotatable bonds is 6. The molecule has 236 valence electrons. The van der Waals surface area contributed by atoms with Gasteiger partial charge in [-0.05, 0) is 0 Å². The molecule has 0 atom stereocenters. The summed E-state index contributed by atoms with van der Waals surface area (Å²) in [4.78, 5) is 4.82. The Morgan fingerprint density at radius 1 is 0.300 bits per heavy atom. The number of benzene rings is 8. The second-order valence-electron chi connectivity index (χ2n) is 12.6. The van der Waals surface area contributed by atoms with Gasteiger partial charge in [-0.25, -0.2) is 0 Å². The molecule has 50 heavy (non-hydrogen) atoms. The molecule has 0 aliphatic rings. The molecule has 0 N–H and O–H groups in total. The van der Waals surface area contributed by atoms with Crippen LogP contribution < -0.4 is 9.80 Å². The second-order valence-corrected chi connectivity index (χ2v) is 18.4.